The topological polar surface area (TPSA) is 15.3 Å². The van der Waals surface area contributed by atoms with Crippen LogP contribution in [0.15, 0.2) is 24.3 Å². The summed E-state index contributed by atoms with van der Waals surface area (Å²) in [5.41, 5.74) is 2.94. The molecule has 2 bridgehead atoms. The highest BCUT2D eigenvalue weighted by atomic mass is 15.2. The highest BCUT2D eigenvalue weighted by molar-refractivity contribution is 5.25. The van der Waals surface area contributed by atoms with Crippen LogP contribution in [0.5, 0.6) is 0 Å². The van der Waals surface area contributed by atoms with Crippen molar-refractivity contribution in [3.8, 4) is 0 Å². The summed E-state index contributed by atoms with van der Waals surface area (Å²) in [6.07, 6.45) is 5.48. The third-order valence-electron chi connectivity index (χ3n) is 5.39. The molecule has 0 aromatic heterocycles. The predicted octanol–water partition coefficient (Wildman–Crippen LogP) is 3.91. The molecule has 1 aromatic rings. The molecule has 2 nitrogen and oxygen atoms in total. The standard InChI is InChI=1S/C19H30N2/c1-4-20-17-11-18-9-10-19(12-17)21(18)13-15-5-7-16(8-6-15)14(2)3/h5-8,14,17-20H,4,9-13H2,1-3H3. The van der Waals surface area contributed by atoms with Gasteiger partial charge < -0.3 is 5.32 Å². The Morgan fingerprint density at radius 1 is 1.10 bits per heavy atom. The largest absolute Gasteiger partial charge is 0.314 e. The molecule has 2 fully saturated rings. The molecule has 21 heavy (non-hydrogen) atoms. The van der Waals surface area contributed by atoms with Gasteiger partial charge in [0, 0.05) is 24.7 Å². The lowest BCUT2D eigenvalue weighted by Crippen LogP contribution is -2.48. The van der Waals surface area contributed by atoms with Crippen LogP contribution in [0.2, 0.25) is 0 Å². The van der Waals surface area contributed by atoms with E-state index in [-0.39, 0.29) is 0 Å². The first-order chi connectivity index (χ1) is 10.2. The second kappa shape index (κ2) is 6.50. The molecule has 0 aliphatic carbocycles. The molecule has 0 amide bonds. The predicted molar refractivity (Wildman–Crippen MR) is 89.6 cm³/mol. The number of hydrogen-bond acceptors (Lipinski definition) is 2. The average Bonchev–Trinajstić information content (AvgIpc) is 2.71. The number of nitrogens with one attached hydrogen (secondary N) is 1. The lowest BCUT2D eigenvalue weighted by molar-refractivity contribution is 0.110. The molecule has 0 radical (unpaired) electrons. The van der Waals surface area contributed by atoms with Gasteiger partial charge >= 0.3 is 0 Å². The van der Waals surface area contributed by atoms with Crippen LogP contribution in [0.25, 0.3) is 0 Å². The zero-order valence-electron chi connectivity index (χ0n) is 13.8. The van der Waals surface area contributed by atoms with Crippen molar-refractivity contribution in [2.24, 2.45) is 0 Å². The van der Waals surface area contributed by atoms with Crippen LogP contribution < -0.4 is 5.32 Å². The van der Waals surface area contributed by atoms with Gasteiger partial charge in [-0.1, -0.05) is 45.0 Å². The smallest absolute Gasteiger partial charge is 0.0239 e. The van der Waals surface area contributed by atoms with E-state index in [9.17, 15) is 0 Å². The molecule has 2 atom stereocenters. The second-order valence-corrected chi connectivity index (χ2v) is 7.18. The van der Waals surface area contributed by atoms with Crippen molar-refractivity contribution >= 4 is 0 Å². The monoisotopic (exact) mass is 286 g/mol. The van der Waals surface area contributed by atoms with Gasteiger partial charge in [0.05, 0.1) is 0 Å². The average molecular weight is 286 g/mol. The second-order valence-electron chi connectivity index (χ2n) is 7.18. The number of hydrogen-bond donors (Lipinski definition) is 1. The van der Waals surface area contributed by atoms with Gasteiger partial charge in [0.2, 0.25) is 0 Å². The Morgan fingerprint density at radius 3 is 2.24 bits per heavy atom. The first-order valence-corrected chi connectivity index (χ1v) is 8.75. The van der Waals surface area contributed by atoms with Gasteiger partial charge in [-0.15, -0.1) is 0 Å². The normalized spacial score (nSPS) is 29.2. The highest BCUT2D eigenvalue weighted by Crippen LogP contribution is 2.36. The minimum atomic E-state index is 0.631. The summed E-state index contributed by atoms with van der Waals surface area (Å²) < 4.78 is 0. The SMILES string of the molecule is CCNC1CC2CCC(C1)N2Cc1ccc(C(C)C)cc1. The molecule has 3 rings (SSSR count). The summed E-state index contributed by atoms with van der Waals surface area (Å²) in [4.78, 5) is 2.78. The highest BCUT2D eigenvalue weighted by Gasteiger charge is 2.40. The van der Waals surface area contributed by atoms with E-state index in [4.69, 9.17) is 0 Å². The van der Waals surface area contributed by atoms with Gasteiger partial charge in [-0.05, 0) is 49.3 Å². The maximum absolute atomic E-state index is 3.66. The third kappa shape index (κ3) is 3.32. The number of benzene rings is 1. The van der Waals surface area contributed by atoms with Crippen LogP contribution in [0, 0.1) is 0 Å². The van der Waals surface area contributed by atoms with Gasteiger partial charge in [0.15, 0.2) is 0 Å². The van der Waals surface area contributed by atoms with E-state index in [0.717, 1.165) is 31.2 Å². The summed E-state index contributed by atoms with van der Waals surface area (Å²) in [6, 6.07) is 11.7. The van der Waals surface area contributed by atoms with E-state index < -0.39 is 0 Å². The lowest BCUT2D eigenvalue weighted by atomic mass is 9.96. The molecule has 2 aliphatic heterocycles. The Bertz CT molecular complexity index is 437. The molecular weight excluding hydrogens is 256 g/mol. The van der Waals surface area contributed by atoms with Crippen LogP contribution in [0.3, 0.4) is 0 Å². The summed E-state index contributed by atoms with van der Waals surface area (Å²) in [7, 11) is 0. The van der Waals surface area contributed by atoms with Crippen molar-refractivity contribution < 1.29 is 0 Å². The molecule has 2 heterocycles. The van der Waals surface area contributed by atoms with Gasteiger partial charge in [-0.3, -0.25) is 4.90 Å². The molecule has 1 aromatic carbocycles. The Labute approximate surface area is 129 Å². The van der Waals surface area contributed by atoms with E-state index >= 15 is 0 Å². The molecule has 0 saturated carbocycles. The van der Waals surface area contributed by atoms with Crippen LogP contribution >= 0.6 is 0 Å². The Balaban J connectivity index is 1.63. The summed E-state index contributed by atoms with van der Waals surface area (Å²) >= 11 is 0. The van der Waals surface area contributed by atoms with Gasteiger partial charge in [0.25, 0.3) is 0 Å². The lowest BCUT2D eigenvalue weighted by Gasteiger charge is -2.39. The molecular formula is C19H30N2. The van der Waals surface area contributed by atoms with E-state index in [1.807, 2.05) is 0 Å². The first kappa shape index (κ1) is 15.1. The summed E-state index contributed by atoms with van der Waals surface area (Å²) in [5, 5.41) is 3.66. The van der Waals surface area contributed by atoms with Crippen molar-refractivity contribution in [3.05, 3.63) is 35.4 Å². The first-order valence-electron chi connectivity index (χ1n) is 8.75. The van der Waals surface area contributed by atoms with Crippen molar-refractivity contribution in [1.29, 1.82) is 0 Å². The Kier molecular flexibility index (Phi) is 4.66. The summed E-state index contributed by atoms with van der Waals surface area (Å²) in [6.45, 7) is 9.01. The Hall–Kier alpha value is -0.860. The minimum Gasteiger partial charge on any atom is -0.314 e. The van der Waals surface area contributed by atoms with Gasteiger partial charge in [-0.2, -0.15) is 0 Å². The minimum absolute atomic E-state index is 0.631. The zero-order valence-corrected chi connectivity index (χ0v) is 13.8. The molecule has 116 valence electrons. The number of nitrogens with zero attached hydrogens (tertiary/aromatic N) is 1. The van der Waals surface area contributed by atoms with Gasteiger partial charge in [0.1, 0.15) is 0 Å². The maximum atomic E-state index is 3.66. The van der Waals surface area contributed by atoms with Crippen LogP contribution in [-0.4, -0.2) is 29.6 Å². The number of fused-ring (bicyclic) bond motifs is 2. The van der Waals surface area contributed by atoms with Crippen molar-refractivity contribution in [1.82, 2.24) is 10.2 Å². The van der Waals surface area contributed by atoms with E-state index in [1.165, 1.54) is 36.8 Å². The Morgan fingerprint density at radius 2 is 1.71 bits per heavy atom. The third-order valence-corrected chi connectivity index (χ3v) is 5.39. The molecule has 1 N–H and O–H groups in total. The van der Waals surface area contributed by atoms with Gasteiger partial charge in [-0.25, -0.2) is 0 Å². The van der Waals surface area contributed by atoms with E-state index in [2.05, 4.69) is 55.3 Å². The van der Waals surface area contributed by atoms with E-state index in [1.54, 1.807) is 0 Å². The molecule has 2 aliphatic rings. The molecule has 2 unspecified atom stereocenters. The molecule has 2 heteroatoms. The summed E-state index contributed by atoms with van der Waals surface area (Å²) in [5.74, 6) is 0.631. The van der Waals surface area contributed by atoms with E-state index in [0.29, 0.717) is 5.92 Å². The maximum Gasteiger partial charge on any atom is 0.0239 e. The van der Waals surface area contributed by atoms with Crippen molar-refractivity contribution in [2.75, 3.05) is 6.54 Å². The fourth-order valence-corrected chi connectivity index (χ4v) is 4.21. The van der Waals surface area contributed by atoms with Crippen LogP contribution in [0.1, 0.15) is 63.5 Å². The fourth-order valence-electron chi connectivity index (χ4n) is 4.21. The quantitative estimate of drug-likeness (QED) is 0.882. The van der Waals surface area contributed by atoms with Crippen molar-refractivity contribution in [3.63, 3.8) is 0 Å². The van der Waals surface area contributed by atoms with Crippen LogP contribution in [-0.2, 0) is 6.54 Å². The van der Waals surface area contributed by atoms with Crippen LogP contribution in [0.4, 0.5) is 0 Å². The van der Waals surface area contributed by atoms with Crippen molar-refractivity contribution in [2.45, 2.75) is 77.0 Å². The molecule has 2 saturated heterocycles. The molecule has 0 spiro atoms. The fraction of sp³-hybridized carbons (Fsp3) is 0.684. The number of rotatable bonds is 5. The zero-order chi connectivity index (χ0) is 14.8. The number of piperidine rings is 1.